The molecule has 4 aliphatic heterocycles. The van der Waals surface area contributed by atoms with E-state index in [1.807, 2.05) is 182 Å². The van der Waals surface area contributed by atoms with Crippen molar-refractivity contribution >= 4 is 159 Å². The normalized spacial score (nSPS) is 14.1. The second-order valence-corrected chi connectivity index (χ2v) is 37.6. The van der Waals surface area contributed by atoms with E-state index < -0.39 is 14.8 Å². The van der Waals surface area contributed by atoms with Crippen LogP contribution in [0.25, 0.3) is 88.3 Å². The van der Waals surface area contributed by atoms with Crippen LogP contribution in [-0.2, 0) is 121 Å². The van der Waals surface area contributed by atoms with Gasteiger partial charge in [0, 0.05) is 130 Å². The van der Waals surface area contributed by atoms with Gasteiger partial charge in [-0.25, -0.2) is 39.9 Å². The Bertz CT molecular complexity index is 7030. The van der Waals surface area contributed by atoms with Gasteiger partial charge in [-0.1, -0.05) is 78.9 Å². The molecule has 0 radical (unpaired) electrons. The number of H-pyrrole nitrogens is 1. The first-order valence-electron chi connectivity index (χ1n) is 49.9. The van der Waals surface area contributed by atoms with Crippen molar-refractivity contribution in [1.82, 2.24) is 96.4 Å². The van der Waals surface area contributed by atoms with Crippen molar-refractivity contribution in [3.8, 4) is 0 Å². The van der Waals surface area contributed by atoms with Crippen LogP contribution in [0.3, 0.4) is 0 Å². The van der Waals surface area contributed by atoms with Gasteiger partial charge in [0.2, 0.25) is 23.8 Å². The standard InChI is InChI=1S/2C24H30N6O2.C24H28N6O2.C15H22N4O2.C10H15NO.C9H9ClN2.CH2Cl2.Mn.2O/c1-28-17-26-23-19(4-2-5-22(23)28)15-30-21-7-6-18(16-31)14-20(21)27-24(30)25-8-3-9-29-10-12-32-13-11-29;2*1-28-17-26-23-19(4-2-5-21(23)28)15-30-22-14-18(16-31)6-7-20(22)27-24(30)25-8-3-9-29-10-12-32-13-11-29;20-11-12-2-3-13-14(10-12)18-15(17-13)16-4-1-5-19-6-8-21-9-7-19;1-8-4-5-9(3-2-6-12)10(11)7-8;1-12-6-11-9-7(5-10)3-2-4-8(9)12;2-1-3;;;/h2*2,4-7,14,17,31H,3,8-13,15-16H2,1H3,(H,25,27);2,4-7,14,16-17H,3,8-13,15H2,1H3,(H,25,27);2-3,10,20H,1,4-9,11H2,(H2,16,17,18);4-5,7,12H,2-3,6,11H2,1H3;2-4,6H,5H2,1H3;1H2;;;. The number of para-hydroxylation sites is 4. The van der Waals surface area contributed by atoms with Gasteiger partial charge < -0.3 is 103 Å². The first-order chi connectivity index (χ1) is 71.9. The molecule has 0 amide bonds. The van der Waals surface area contributed by atoms with Crippen LogP contribution in [0.15, 0.2) is 189 Å². The minimum atomic E-state index is -1.44. The molecule has 8 aromatic heterocycles. The fourth-order valence-corrected chi connectivity index (χ4v) is 18.5. The van der Waals surface area contributed by atoms with Gasteiger partial charge in [-0.2, -0.15) is 0 Å². The third-order valence-corrected chi connectivity index (χ3v) is 26.5. The average molecular weight is 2110 g/mol. The number of ether oxygens (including phenoxy) is 4. The fourth-order valence-electron chi connectivity index (χ4n) is 18.3. The van der Waals surface area contributed by atoms with Gasteiger partial charge in [-0.15, -0.1) is 34.8 Å². The summed E-state index contributed by atoms with van der Waals surface area (Å²) in [5.41, 5.74) is 32.8. The van der Waals surface area contributed by atoms with Crippen LogP contribution >= 0.6 is 34.8 Å². The number of nitrogen functional groups attached to an aromatic ring is 1. The number of aryl methyl sites for hydroxylation is 6. The number of hydrogen-bond donors (Lipinski definition) is 10. The molecule has 783 valence electrons. The van der Waals surface area contributed by atoms with Gasteiger partial charge in [-0.3, -0.25) is 24.4 Å². The van der Waals surface area contributed by atoms with E-state index >= 15 is 0 Å². The van der Waals surface area contributed by atoms with Crippen LogP contribution in [0, 0.1) is 6.92 Å². The number of aromatic nitrogens is 16. The van der Waals surface area contributed by atoms with E-state index in [9.17, 15) is 15.0 Å². The van der Waals surface area contributed by atoms with Gasteiger partial charge >= 0.3 is 22.5 Å². The predicted molar refractivity (Wildman–Crippen MR) is 579 cm³/mol. The van der Waals surface area contributed by atoms with E-state index in [0.717, 1.165) is 365 Å². The van der Waals surface area contributed by atoms with E-state index in [1.54, 1.807) is 6.33 Å². The monoisotopic (exact) mass is 2110 g/mol. The average Bonchev–Trinajstić information content (AvgIpc) is 1.64. The number of halogens is 3. The van der Waals surface area contributed by atoms with E-state index in [2.05, 4.69) is 139 Å². The number of nitrogens with two attached hydrogens (primary N) is 1. The minimum absolute atomic E-state index is 0.0123. The Labute approximate surface area is 876 Å². The summed E-state index contributed by atoms with van der Waals surface area (Å²) >= 11 is 13.9. The molecule has 36 nitrogen and oxygen atoms in total. The molecule has 4 saturated heterocycles. The van der Waals surface area contributed by atoms with Gasteiger partial charge in [-0.05, 0) is 207 Å². The van der Waals surface area contributed by atoms with Crippen molar-refractivity contribution in [3.63, 3.8) is 0 Å². The molecule has 4 aliphatic rings. The summed E-state index contributed by atoms with van der Waals surface area (Å²) in [5, 5.41) is 51.1. The number of alkyl halides is 3. The van der Waals surface area contributed by atoms with Crippen molar-refractivity contribution in [3.05, 3.63) is 245 Å². The van der Waals surface area contributed by atoms with Crippen molar-refractivity contribution in [2.24, 2.45) is 28.2 Å². The number of anilines is 5. The second-order valence-electron chi connectivity index (χ2n) is 36.3. The van der Waals surface area contributed by atoms with E-state index in [0.29, 0.717) is 31.1 Å². The number of nitrogens with one attached hydrogen (secondary N) is 5. The predicted octanol–water partition coefficient (Wildman–Crippen LogP) is 14.3. The summed E-state index contributed by atoms with van der Waals surface area (Å²) < 4.78 is 53.1. The first kappa shape index (κ1) is 111. The molecule has 0 spiro atoms. The molecule has 17 aromatic rings. The molecule has 4 fully saturated rings. The number of aromatic amines is 1. The Morgan fingerprint density at radius 2 is 0.769 bits per heavy atom. The van der Waals surface area contributed by atoms with Crippen LogP contribution in [0.1, 0.15) is 92.5 Å². The molecule has 147 heavy (non-hydrogen) atoms. The number of aliphatic hydroxyl groups is 4. The van der Waals surface area contributed by atoms with Crippen LogP contribution in [-0.4, -0.2) is 293 Å². The summed E-state index contributed by atoms with van der Waals surface area (Å²) in [5.74, 6) is 3.84. The van der Waals surface area contributed by atoms with Crippen LogP contribution in [0.5, 0.6) is 0 Å². The number of aliphatic hydroxyl groups excluding tert-OH is 4. The van der Waals surface area contributed by atoms with Gasteiger partial charge in [0.05, 0.1) is 211 Å². The van der Waals surface area contributed by atoms with E-state index in [4.69, 9.17) is 92.3 Å². The number of carbonyl (C=O) groups is 1. The molecular formula is C107H136Cl3MnN25O11. The molecule has 0 bridgehead atoms. The van der Waals surface area contributed by atoms with E-state index in [1.165, 1.54) is 5.56 Å². The zero-order valence-corrected chi connectivity index (χ0v) is 87.7. The van der Waals surface area contributed by atoms with Crippen LogP contribution < -0.4 is 27.0 Å². The molecule has 40 heteroatoms. The number of carbonyl (C=O) groups excluding carboxylic acids is 1. The number of benzene rings is 9. The number of imidazole rings is 8. The summed E-state index contributed by atoms with van der Waals surface area (Å²) in [6.07, 6.45) is 14.1. The number of morpholine rings is 4. The number of fused-ring (bicyclic) bond motifs is 8. The summed E-state index contributed by atoms with van der Waals surface area (Å²) in [6.45, 7) is 26.7. The van der Waals surface area contributed by atoms with Crippen LogP contribution in [0.4, 0.5) is 29.5 Å². The Morgan fingerprint density at radius 1 is 0.401 bits per heavy atom. The molecule has 0 saturated carbocycles. The summed E-state index contributed by atoms with van der Waals surface area (Å²) in [4.78, 5) is 61.6. The number of nitrogens with zero attached hydrogens (tertiary/aromatic N) is 19. The zero-order valence-electron chi connectivity index (χ0n) is 84.3. The third-order valence-electron chi connectivity index (χ3n) is 26.2. The van der Waals surface area contributed by atoms with Gasteiger partial charge in [0.25, 0.3) is 0 Å². The number of aldehydes is 1. The third kappa shape index (κ3) is 30.8. The molecule has 9 aromatic carbocycles. The van der Waals surface area contributed by atoms with Crippen LogP contribution in [0.2, 0.25) is 0 Å². The fraction of sp³-hybridized carbons (Fsp3) is 0.411. The van der Waals surface area contributed by atoms with Crippen molar-refractivity contribution in [2.45, 2.75) is 90.8 Å². The Kier molecular flexibility index (Phi) is 43.2. The number of rotatable bonds is 34. The van der Waals surface area contributed by atoms with Crippen molar-refractivity contribution in [1.29, 1.82) is 0 Å². The SMILES string of the molecule is Cc1ccc(CCCO)c(N)c1.ClCCl.Cn1cnc2c(CCl)cccc21.Cn1cnc2c(Cn3c(NCCCN4CCOCC4)nc4cc(CO)ccc43)cccc21.Cn1cnc2c(Cn3c(NCCCN4CCOCC4)nc4ccc(C=O)cc43)cccc21.Cn1cnc2c(Cn3c(NCCCN4CCOCC4)nc4ccc(CO)cc43)cccc21.OCc1ccc2nc(NCCCN3CCOCC3)[nH]c2c1.[O]=[Mn]=[O]. The molecule has 0 atom stereocenters. The second kappa shape index (κ2) is 57.5. The maximum atomic E-state index is 11.4. The van der Waals surface area contributed by atoms with Gasteiger partial charge in [0.1, 0.15) is 6.29 Å². The Balaban J connectivity index is 0.000000142. The molecule has 0 unspecified atom stereocenters. The zero-order chi connectivity index (χ0) is 103. The molecule has 21 rings (SSSR count). The van der Waals surface area contributed by atoms with Crippen molar-refractivity contribution < 1.29 is 66.7 Å². The summed E-state index contributed by atoms with van der Waals surface area (Å²) in [6, 6.07) is 54.2. The molecular weight excluding hydrogens is 1970 g/mol. The van der Waals surface area contributed by atoms with E-state index in [-0.39, 0.29) is 31.8 Å². The van der Waals surface area contributed by atoms with Gasteiger partial charge in [0.15, 0.2) is 0 Å². The Morgan fingerprint density at radius 3 is 1.18 bits per heavy atom. The maximum absolute atomic E-state index is 11.4. The Hall–Kier alpha value is -12.1. The topological polar surface area (TPSA) is 410 Å². The molecule has 0 aliphatic carbocycles. The van der Waals surface area contributed by atoms with Crippen molar-refractivity contribution in [2.75, 3.05) is 197 Å². The summed E-state index contributed by atoms with van der Waals surface area (Å²) in [7, 11) is 8.02. The quantitative estimate of drug-likeness (QED) is 0.00589. The first-order valence-corrected chi connectivity index (χ1v) is 52.5. The molecule has 12 heterocycles. The molecule has 11 N–H and O–H groups in total. The number of hydrogen-bond acceptors (Lipinski definition) is 28.